The molecule has 0 saturated heterocycles. The molecule has 0 aromatic carbocycles. The van der Waals surface area contributed by atoms with Crippen LogP contribution in [0.3, 0.4) is 0 Å². The highest BCUT2D eigenvalue weighted by Crippen LogP contribution is 1.60. The van der Waals surface area contributed by atoms with Crippen LogP contribution in [0, 0.1) is 10.2 Å². The van der Waals surface area contributed by atoms with Crippen LogP contribution in [0.2, 0.25) is 0 Å². The van der Waals surface area contributed by atoms with Crippen LogP contribution < -0.4 is 19.7 Å². The molecule has 1 amide bonds. The maximum Gasteiger partial charge on any atom is 0.214 e. The second-order valence-electron chi connectivity index (χ2n) is 1.01. The van der Waals surface area contributed by atoms with Gasteiger partial charge in [-0.1, -0.05) is 0 Å². The van der Waals surface area contributed by atoms with Crippen LogP contribution in [-0.4, -0.2) is 10.6 Å². The van der Waals surface area contributed by atoms with Gasteiger partial charge < -0.3 is 5.73 Å². The number of primary amides is 1. The van der Waals surface area contributed by atoms with Crippen molar-refractivity contribution >= 4 is 5.91 Å². The van der Waals surface area contributed by atoms with Gasteiger partial charge in [0.15, 0.2) is 0 Å². The second kappa shape index (κ2) is 4.48. The van der Waals surface area contributed by atoms with Gasteiger partial charge in [0.2, 0.25) is 5.91 Å². The van der Waals surface area contributed by atoms with Gasteiger partial charge in [0.05, 0.1) is 14.9 Å². The Morgan fingerprint density at radius 3 is 1.56 bits per heavy atom. The zero-order valence-corrected chi connectivity index (χ0v) is 5.29. The summed E-state index contributed by atoms with van der Waals surface area (Å²) in [6.07, 6.45) is 0. The van der Waals surface area contributed by atoms with E-state index in [0.717, 1.165) is 0 Å². The average Bonchev–Trinajstić information content (AvgIpc) is 1.19. The molecule has 3 N–H and O–H groups in total. The fourth-order valence-electron chi connectivity index (χ4n) is 0. The smallest absolute Gasteiger partial charge is 0.214 e. The molecule has 9 heavy (non-hydrogen) atoms. The SMILES string of the molecule is CC(N)=O.[O-][Cl+3]([O-])([O-])O. The van der Waals surface area contributed by atoms with E-state index < -0.39 is 10.2 Å². The lowest BCUT2D eigenvalue weighted by atomic mass is 10.8. The van der Waals surface area contributed by atoms with Crippen molar-refractivity contribution in [3.8, 4) is 0 Å². The van der Waals surface area contributed by atoms with Crippen LogP contribution in [0.5, 0.6) is 0 Å². The van der Waals surface area contributed by atoms with Crippen molar-refractivity contribution in [2.24, 2.45) is 5.73 Å². The number of hydrogen-bond donors (Lipinski definition) is 2. The molecule has 0 spiro atoms. The fraction of sp³-hybridized carbons (Fsp3) is 0.500. The highest BCUT2D eigenvalue weighted by atomic mass is 35.7. The lowest BCUT2D eigenvalue weighted by Gasteiger charge is -2.03. The minimum atomic E-state index is -4.69. The first kappa shape index (κ1) is 11.4. The fourth-order valence-corrected chi connectivity index (χ4v) is 0. The lowest BCUT2D eigenvalue weighted by molar-refractivity contribution is -1.92. The van der Waals surface area contributed by atoms with Crippen molar-refractivity contribution in [3.63, 3.8) is 0 Å². The highest BCUT2D eigenvalue weighted by Gasteiger charge is 1.98. The number of nitrogens with two attached hydrogens (primary N) is 1. The number of hydrogen-bond acceptors (Lipinski definition) is 5. The first-order valence-corrected chi connectivity index (χ1v) is 2.89. The van der Waals surface area contributed by atoms with Crippen molar-refractivity contribution in [3.05, 3.63) is 0 Å². The van der Waals surface area contributed by atoms with Crippen LogP contribution in [0.4, 0.5) is 0 Å². The van der Waals surface area contributed by atoms with Gasteiger partial charge in [0, 0.05) is 6.92 Å². The minimum absolute atomic E-state index is 0.333. The van der Waals surface area contributed by atoms with E-state index in [1.807, 2.05) is 0 Å². The summed E-state index contributed by atoms with van der Waals surface area (Å²) in [6, 6.07) is 0. The first-order chi connectivity index (χ1) is 3.73. The normalized spacial score (nSPS) is 9.44. The Kier molecular flexibility index (Phi) is 5.67. The Hall–Kier alpha value is -0.400. The maximum atomic E-state index is 9.22. The Labute approximate surface area is 53.2 Å². The summed E-state index contributed by atoms with van der Waals surface area (Å²) < 4.78 is 32.7. The van der Waals surface area contributed by atoms with E-state index in [1.54, 1.807) is 0 Å². The molecule has 0 radical (unpaired) electrons. The molecule has 0 bridgehead atoms. The van der Waals surface area contributed by atoms with Gasteiger partial charge in [-0.15, -0.1) is 0 Å². The van der Waals surface area contributed by atoms with E-state index in [2.05, 4.69) is 5.73 Å². The molecule has 0 aliphatic carbocycles. The monoisotopic (exact) mass is 159 g/mol. The van der Waals surface area contributed by atoms with Crippen molar-refractivity contribution in [1.29, 1.82) is 0 Å². The summed E-state index contributed by atoms with van der Waals surface area (Å²) in [6.45, 7) is 1.31. The van der Waals surface area contributed by atoms with Gasteiger partial charge >= 0.3 is 0 Å². The zero-order chi connectivity index (χ0) is 8.08. The molecule has 7 heteroatoms. The predicted molar refractivity (Wildman–Crippen MR) is 17.1 cm³/mol. The molecule has 0 atom stereocenters. The molecule has 0 saturated carbocycles. The van der Waals surface area contributed by atoms with E-state index >= 15 is 0 Å². The first-order valence-electron chi connectivity index (χ1n) is 1.62. The quantitative estimate of drug-likeness (QED) is 0.367. The summed E-state index contributed by atoms with van der Waals surface area (Å²) in [5, 5.41) is 0. The van der Waals surface area contributed by atoms with Crippen molar-refractivity contribution in [1.82, 2.24) is 0 Å². The largest absolute Gasteiger partial charge is 0.370 e. The zero-order valence-electron chi connectivity index (χ0n) is 4.54. The number of amides is 1. The number of carbonyl (C=O) groups excluding carboxylic acids is 1. The molecule has 0 unspecified atom stereocenters. The summed E-state index contributed by atoms with van der Waals surface area (Å²) in [5.41, 5.74) is 4.47. The molecule has 6 nitrogen and oxygen atoms in total. The van der Waals surface area contributed by atoms with Crippen LogP contribution in [-0.2, 0) is 4.79 Å². The summed E-state index contributed by atoms with van der Waals surface area (Å²) in [7, 11) is -4.69. The third kappa shape index (κ3) is 1490. The van der Waals surface area contributed by atoms with Crippen LogP contribution in [0.15, 0.2) is 0 Å². The highest BCUT2D eigenvalue weighted by molar-refractivity contribution is 5.70. The van der Waals surface area contributed by atoms with Crippen molar-refractivity contribution in [2.45, 2.75) is 6.92 Å². The summed E-state index contributed by atoms with van der Waals surface area (Å²) in [5.74, 6) is -0.333. The van der Waals surface area contributed by atoms with Gasteiger partial charge in [-0.05, 0) is 0 Å². The molecule has 56 valence electrons. The number of halogens is 1. The molecular formula is C2H6ClNO5. The van der Waals surface area contributed by atoms with Gasteiger partial charge in [-0.25, -0.2) is 0 Å². The van der Waals surface area contributed by atoms with Crippen LogP contribution >= 0.6 is 0 Å². The van der Waals surface area contributed by atoms with Gasteiger partial charge in [0.1, 0.15) is 0 Å². The van der Waals surface area contributed by atoms with Crippen LogP contribution in [0.25, 0.3) is 0 Å². The molecule has 0 heterocycles. The molecule has 0 rings (SSSR count). The lowest BCUT2D eigenvalue weighted by Crippen LogP contribution is -2.58. The molecular weight excluding hydrogens is 153 g/mol. The molecule has 0 aliphatic heterocycles. The van der Waals surface area contributed by atoms with E-state index in [1.165, 1.54) is 6.92 Å². The average molecular weight is 160 g/mol. The van der Waals surface area contributed by atoms with Crippen molar-refractivity contribution < 1.29 is 33.7 Å². The standard InChI is InChI=1S/C2H5NO.ClHO4/c1-2(3)4;2-1(3,4)5/h1H3,(H2,3,4);(H,2,3,4,5). The molecule has 0 aromatic heterocycles. The Balaban J connectivity index is 0. The number of rotatable bonds is 0. The molecule has 0 fully saturated rings. The minimum Gasteiger partial charge on any atom is -0.370 e. The Morgan fingerprint density at radius 1 is 1.56 bits per heavy atom. The van der Waals surface area contributed by atoms with E-state index in [9.17, 15) is 4.79 Å². The summed E-state index contributed by atoms with van der Waals surface area (Å²) >= 11 is 0. The Morgan fingerprint density at radius 2 is 1.56 bits per heavy atom. The van der Waals surface area contributed by atoms with E-state index in [4.69, 9.17) is 18.6 Å². The second-order valence-corrected chi connectivity index (χ2v) is 1.80. The number of carbonyl (C=O) groups is 1. The maximum absolute atomic E-state index is 9.22. The predicted octanol–water partition coefficient (Wildman–Crippen LogP) is -4.63. The third-order valence-corrected chi connectivity index (χ3v) is 0. The van der Waals surface area contributed by atoms with E-state index in [0.29, 0.717) is 0 Å². The Bertz CT molecular complexity index is 77.4. The van der Waals surface area contributed by atoms with Gasteiger partial charge in [-0.3, -0.25) is 4.79 Å². The third-order valence-electron chi connectivity index (χ3n) is 0. The van der Waals surface area contributed by atoms with Gasteiger partial charge in [-0.2, -0.15) is 14.0 Å². The molecule has 0 aliphatic rings. The van der Waals surface area contributed by atoms with E-state index in [-0.39, 0.29) is 5.91 Å². The van der Waals surface area contributed by atoms with Crippen molar-refractivity contribution in [2.75, 3.05) is 0 Å². The van der Waals surface area contributed by atoms with Gasteiger partial charge in [0.25, 0.3) is 0 Å². The summed E-state index contributed by atoms with van der Waals surface area (Å²) in [4.78, 5) is 9.22. The van der Waals surface area contributed by atoms with Crippen LogP contribution in [0.1, 0.15) is 6.92 Å². The molecule has 0 aromatic rings. The topological polar surface area (TPSA) is 132 Å².